The lowest BCUT2D eigenvalue weighted by Crippen LogP contribution is -2.46. The van der Waals surface area contributed by atoms with E-state index in [1.165, 1.54) is 4.88 Å². The third kappa shape index (κ3) is 6.39. The number of nitrogens with one attached hydrogen (secondary N) is 2. The number of aliphatic hydroxyl groups is 1. The van der Waals surface area contributed by atoms with Crippen LogP contribution in [0, 0.1) is 5.41 Å². The zero-order valence-electron chi connectivity index (χ0n) is 12.8. The van der Waals surface area contributed by atoms with Crippen molar-refractivity contribution in [2.75, 3.05) is 13.2 Å². The molecule has 114 valence electrons. The SMILES string of the molecule is CC(CNC(=O)NC(CO)CC(C)(C)C)c1cccs1. The lowest BCUT2D eigenvalue weighted by atomic mass is 9.88. The van der Waals surface area contributed by atoms with Gasteiger partial charge in [0.05, 0.1) is 12.6 Å². The first-order valence-electron chi connectivity index (χ1n) is 7.00. The van der Waals surface area contributed by atoms with Gasteiger partial charge in [-0.05, 0) is 23.3 Å². The van der Waals surface area contributed by atoms with Crippen LogP contribution in [0.25, 0.3) is 0 Å². The van der Waals surface area contributed by atoms with E-state index in [0.717, 1.165) is 6.42 Å². The zero-order valence-corrected chi connectivity index (χ0v) is 13.6. The Morgan fingerprint density at radius 1 is 1.45 bits per heavy atom. The Hall–Kier alpha value is -1.07. The lowest BCUT2D eigenvalue weighted by Gasteiger charge is -2.25. The number of carbonyl (C=O) groups is 1. The predicted octanol–water partition coefficient (Wildman–Crippen LogP) is 2.95. The number of carbonyl (C=O) groups excluding carboxylic acids is 1. The predicted molar refractivity (Wildman–Crippen MR) is 84.2 cm³/mol. The number of thiophene rings is 1. The first kappa shape index (κ1) is 17.0. The highest BCUT2D eigenvalue weighted by molar-refractivity contribution is 7.10. The third-order valence-corrected chi connectivity index (χ3v) is 4.12. The maximum Gasteiger partial charge on any atom is 0.315 e. The second-order valence-electron chi connectivity index (χ2n) is 6.42. The van der Waals surface area contributed by atoms with Crippen molar-refractivity contribution in [3.8, 4) is 0 Å². The van der Waals surface area contributed by atoms with Crippen molar-refractivity contribution in [1.82, 2.24) is 10.6 Å². The van der Waals surface area contributed by atoms with Crippen LogP contribution in [0.2, 0.25) is 0 Å². The van der Waals surface area contributed by atoms with Crippen LogP contribution >= 0.6 is 11.3 Å². The van der Waals surface area contributed by atoms with Gasteiger partial charge in [0.2, 0.25) is 0 Å². The molecule has 2 amide bonds. The summed E-state index contributed by atoms with van der Waals surface area (Å²) >= 11 is 1.70. The van der Waals surface area contributed by atoms with Gasteiger partial charge in [-0.25, -0.2) is 4.79 Å². The van der Waals surface area contributed by atoms with Crippen molar-refractivity contribution in [1.29, 1.82) is 0 Å². The maximum absolute atomic E-state index is 11.8. The second kappa shape index (κ2) is 7.64. The normalized spacial score (nSPS) is 14.7. The summed E-state index contributed by atoms with van der Waals surface area (Å²) in [6.07, 6.45) is 0.747. The Kier molecular flexibility index (Phi) is 6.49. The molecule has 1 rings (SSSR count). The highest BCUT2D eigenvalue weighted by Gasteiger charge is 2.20. The van der Waals surface area contributed by atoms with Crippen molar-refractivity contribution in [3.05, 3.63) is 22.4 Å². The standard InChI is InChI=1S/C15H26N2O2S/c1-11(13-6-5-7-20-13)9-16-14(19)17-12(10-18)8-15(2,3)4/h5-7,11-12,18H,8-10H2,1-4H3,(H2,16,17,19). The molecular formula is C15H26N2O2S. The lowest BCUT2D eigenvalue weighted by molar-refractivity contribution is 0.191. The number of hydrogen-bond acceptors (Lipinski definition) is 3. The summed E-state index contributed by atoms with van der Waals surface area (Å²) in [6.45, 7) is 8.92. The Labute approximate surface area is 125 Å². The molecule has 0 saturated heterocycles. The first-order valence-corrected chi connectivity index (χ1v) is 7.88. The number of aliphatic hydroxyl groups excluding tert-OH is 1. The van der Waals surface area contributed by atoms with Gasteiger partial charge in [-0.15, -0.1) is 11.3 Å². The van der Waals surface area contributed by atoms with E-state index in [9.17, 15) is 9.90 Å². The van der Waals surface area contributed by atoms with E-state index in [2.05, 4.69) is 44.4 Å². The summed E-state index contributed by atoms with van der Waals surface area (Å²) in [5.74, 6) is 0.302. The summed E-state index contributed by atoms with van der Waals surface area (Å²) in [5, 5.41) is 17.1. The van der Waals surface area contributed by atoms with Crippen molar-refractivity contribution >= 4 is 17.4 Å². The molecule has 0 radical (unpaired) electrons. The quantitative estimate of drug-likeness (QED) is 0.756. The fourth-order valence-corrected chi connectivity index (χ4v) is 2.84. The van der Waals surface area contributed by atoms with E-state index in [1.54, 1.807) is 11.3 Å². The van der Waals surface area contributed by atoms with Gasteiger partial charge in [0.25, 0.3) is 0 Å². The molecule has 3 N–H and O–H groups in total. The Balaban J connectivity index is 2.35. The van der Waals surface area contributed by atoms with E-state index in [-0.39, 0.29) is 24.1 Å². The smallest absolute Gasteiger partial charge is 0.315 e. The van der Waals surface area contributed by atoms with Crippen molar-refractivity contribution in [3.63, 3.8) is 0 Å². The fraction of sp³-hybridized carbons (Fsp3) is 0.667. The van der Waals surface area contributed by atoms with Crippen LogP contribution < -0.4 is 10.6 Å². The number of hydrogen-bond donors (Lipinski definition) is 3. The van der Waals surface area contributed by atoms with Gasteiger partial charge in [-0.1, -0.05) is 33.8 Å². The number of rotatable bonds is 6. The van der Waals surface area contributed by atoms with Crippen LogP contribution in [0.4, 0.5) is 4.79 Å². The van der Waals surface area contributed by atoms with Gasteiger partial charge in [-0.3, -0.25) is 0 Å². The van der Waals surface area contributed by atoms with E-state index >= 15 is 0 Å². The van der Waals surface area contributed by atoms with Crippen molar-refractivity contribution < 1.29 is 9.90 Å². The summed E-state index contributed by atoms with van der Waals surface area (Å²) < 4.78 is 0. The van der Waals surface area contributed by atoms with Gasteiger partial charge in [0.1, 0.15) is 0 Å². The average molecular weight is 298 g/mol. The molecule has 2 atom stereocenters. The average Bonchev–Trinajstić information content (AvgIpc) is 2.87. The minimum Gasteiger partial charge on any atom is -0.394 e. The highest BCUT2D eigenvalue weighted by Crippen LogP contribution is 2.21. The molecule has 20 heavy (non-hydrogen) atoms. The number of amides is 2. The second-order valence-corrected chi connectivity index (χ2v) is 7.39. The largest absolute Gasteiger partial charge is 0.394 e. The molecule has 0 aliphatic rings. The van der Waals surface area contributed by atoms with Crippen LogP contribution in [-0.4, -0.2) is 30.3 Å². The van der Waals surface area contributed by atoms with E-state index in [4.69, 9.17) is 0 Å². The molecule has 0 fully saturated rings. The van der Waals surface area contributed by atoms with Crippen LogP contribution in [0.15, 0.2) is 17.5 Å². The van der Waals surface area contributed by atoms with Gasteiger partial charge >= 0.3 is 6.03 Å². The molecule has 1 aromatic rings. The maximum atomic E-state index is 11.8. The van der Waals surface area contributed by atoms with E-state index < -0.39 is 0 Å². The summed E-state index contributed by atoms with van der Waals surface area (Å²) in [4.78, 5) is 13.1. The summed E-state index contributed by atoms with van der Waals surface area (Å²) in [5.41, 5.74) is 0.0743. The molecule has 5 heteroatoms. The van der Waals surface area contributed by atoms with Crippen LogP contribution in [0.1, 0.15) is 44.9 Å². The molecular weight excluding hydrogens is 272 g/mol. The van der Waals surface area contributed by atoms with Crippen LogP contribution in [-0.2, 0) is 0 Å². The third-order valence-electron chi connectivity index (χ3n) is 3.01. The molecule has 0 aliphatic carbocycles. The minimum atomic E-state index is -0.211. The number of urea groups is 1. The van der Waals surface area contributed by atoms with Gasteiger partial charge in [0.15, 0.2) is 0 Å². The molecule has 0 aromatic carbocycles. The highest BCUT2D eigenvalue weighted by atomic mass is 32.1. The Bertz CT molecular complexity index is 399. The molecule has 2 unspecified atom stereocenters. The van der Waals surface area contributed by atoms with Gasteiger partial charge in [0, 0.05) is 17.3 Å². The molecule has 0 bridgehead atoms. The molecule has 0 aliphatic heterocycles. The van der Waals surface area contributed by atoms with E-state index in [0.29, 0.717) is 12.5 Å². The zero-order chi connectivity index (χ0) is 15.2. The van der Waals surface area contributed by atoms with Crippen LogP contribution in [0.3, 0.4) is 0 Å². The topological polar surface area (TPSA) is 61.4 Å². The van der Waals surface area contributed by atoms with Gasteiger partial charge in [-0.2, -0.15) is 0 Å². The molecule has 1 heterocycles. The minimum absolute atomic E-state index is 0.0365. The molecule has 4 nitrogen and oxygen atoms in total. The summed E-state index contributed by atoms with van der Waals surface area (Å²) in [6, 6.07) is 3.68. The Morgan fingerprint density at radius 2 is 2.15 bits per heavy atom. The first-order chi connectivity index (χ1) is 9.31. The van der Waals surface area contributed by atoms with Crippen LogP contribution in [0.5, 0.6) is 0 Å². The Morgan fingerprint density at radius 3 is 2.65 bits per heavy atom. The molecule has 1 aromatic heterocycles. The monoisotopic (exact) mass is 298 g/mol. The molecule has 0 spiro atoms. The fourth-order valence-electron chi connectivity index (χ4n) is 2.05. The molecule has 0 saturated carbocycles. The van der Waals surface area contributed by atoms with Crippen molar-refractivity contribution in [2.45, 2.75) is 46.1 Å². The van der Waals surface area contributed by atoms with E-state index in [1.807, 2.05) is 11.4 Å². The van der Waals surface area contributed by atoms with Gasteiger partial charge < -0.3 is 15.7 Å². The van der Waals surface area contributed by atoms with Crippen molar-refractivity contribution in [2.24, 2.45) is 5.41 Å². The summed E-state index contributed by atoms with van der Waals surface area (Å²) in [7, 11) is 0.